The highest BCUT2D eigenvalue weighted by molar-refractivity contribution is 7.91. The monoisotopic (exact) mass is 373 g/mol. The highest BCUT2D eigenvalue weighted by Crippen LogP contribution is 2.20. The molecule has 1 N–H and O–H groups in total. The molecular weight excluding hydrogens is 354 g/mol. The van der Waals surface area contributed by atoms with Gasteiger partial charge in [0.2, 0.25) is 0 Å². The third-order valence-corrected chi connectivity index (χ3v) is 6.78. The lowest BCUT2D eigenvalue weighted by molar-refractivity contribution is 0.144. The molecule has 3 rings (SSSR count). The molecule has 2 fully saturated rings. The van der Waals surface area contributed by atoms with Crippen LogP contribution in [0.3, 0.4) is 0 Å². The number of sulfone groups is 1. The van der Waals surface area contributed by atoms with Crippen molar-refractivity contribution in [2.75, 3.05) is 43.0 Å². The van der Waals surface area contributed by atoms with Crippen LogP contribution in [-0.2, 0) is 9.84 Å². The quantitative estimate of drug-likeness (QED) is 0.798. The maximum absolute atomic E-state index is 11.6. The summed E-state index contributed by atoms with van der Waals surface area (Å²) in [6.45, 7) is 3.33. The van der Waals surface area contributed by atoms with E-state index in [1.807, 2.05) is 24.3 Å². The molecule has 8 heteroatoms. The summed E-state index contributed by atoms with van der Waals surface area (Å²) in [5, 5.41) is 4.62. The van der Waals surface area contributed by atoms with E-state index in [-0.39, 0.29) is 6.04 Å². The lowest BCUT2D eigenvalue weighted by Gasteiger charge is -2.38. The lowest BCUT2D eigenvalue weighted by atomic mass is 10.2. The van der Waals surface area contributed by atoms with Crippen molar-refractivity contribution in [2.24, 2.45) is 0 Å². The van der Waals surface area contributed by atoms with Gasteiger partial charge in [-0.25, -0.2) is 8.42 Å². The van der Waals surface area contributed by atoms with Crippen LogP contribution in [0.5, 0.6) is 0 Å². The number of nitrogens with zero attached hydrogens (tertiary/aromatic N) is 2. The maximum atomic E-state index is 11.6. The highest BCUT2D eigenvalue weighted by Gasteiger charge is 2.33. The van der Waals surface area contributed by atoms with Crippen LogP contribution < -0.4 is 5.32 Å². The van der Waals surface area contributed by atoms with Crippen LogP contribution >= 0.6 is 23.8 Å². The number of thiocarbonyl (C=S) groups is 1. The van der Waals surface area contributed by atoms with Gasteiger partial charge in [0.25, 0.3) is 0 Å². The molecular formula is C15H20ClN3O2S2. The Morgan fingerprint density at radius 2 is 1.83 bits per heavy atom. The van der Waals surface area contributed by atoms with Gasteiger partial charge in [0.1, 0.15) is 0 Å². The van der Waals surface area contributed by atoms with Gasteiger partial charge in [-0.3, -0.25) is 4.90 Å². The second-order valence-corrected chi connectivity index (χ2v) is 9.07. The van der Waals surface area contributed by atoms with E-state index < -0.39 is 9.84 Å². The summed E-state index contributed by atoms with van der Waals surface area (Å²) in [5.41, 5.74) is 0.920. The summed E-state index contributed by atoms with van der Waals surface area (Å²) in [5.74, 6) is 0.634. The zero-order chi connectivity index (χ0) is 16.4. The Hall–Kier alpha value is -0.890. The fraction of sp³-hybridized carbons (Fsp3) is 0.533. The summed E-state index contributed by atoms with van der Waals surface area (Å²) in [6.07, 6.45) is 0.760. The highest BCUT2D eigenvalue weighted by atomic mass is 35.5. The first kappa shape index (κ1) is 17.0. The molecule has 2 aliphatic rings. The average molecular weight is 374 g/mol. The Kier molecular flexibility index (Phi) is 5.10. The number of benzene rings is 1. The Morgan fingerprint density at radius 1 is 1.17 bits per heavy atom. The van der Waals surface area contributed by atoms with Crippen LogP contribution in [0.4, 0.5) is 5.69 Å². The van der Waals surface area contributed by atoms with Crippen LogP contribution in [0, 0.1) is 0 Å². The van der Waals surface area contributed by atoms with Crippen molar-refractivity contribution in [1.82, 2.24) is 9.80 Å². The van der Waals surface area contributed by atoms with E-state index in [9.17, 15) is 8.42 Å². The van der Waals surface area contributed by atoms with E-state index in [1.54, 1.807) is 0 Å². The van der Waals surface area contributed by atoms with Gasteiger partial charge in [0.15, 0.2) is 14.9 Å². The van der Waals surface area contributed by atoms with Crippen LogP contribution in [-0.4, -0.2) is 67.1 Å². The second kappa shape index (κ2) is 6.93. The molecule has 0 amide bonds. The van der Waals surface area contributed by atoms with E-state index in [0.717, 1.165) is 38.3 Å². The molecule has 0 aromatic heterocycles. The van der Waals surface area contributed by atoms with Crippen molar-refractivity contribution in [3.63, 3.8) is 0 Å². The van der Waals surface area contributed by atoms with Crippen LogP contribution in [0.25, 0.3) is 0 Å². The van der Waals surface area contributed by atoms with Crippen LogP contribution in [0.15, 0.2) is 24.3 Å². The van der Waals surface area contributed by atoms with Gasteiger partial charge in [0.05, 0.1) is 11.5 Å². The normalized spacial score (nSPS) is 24.6. The molecule has 0 unspecified atom stereocenters. The van der Waals surface area contributed by atoms with Crippen molar-refractivity contribution < 1.29 is 8.42 Å². The average Bonchev–Trinajstić information content (AvgIpc) is 2.90. The van der Waals surface area contributed by atoms with Gasteiger partial charge in [-0.05, 0) is 42.9 Å². The molecule has 126 valence electrons. The van der Waals surface area contributed by atoms with Crippen molar-refractivity contribution >= 4 is 44.5 Å². The molecule has 0 aliphatic carbocycles. The summed E-state index contributed by atoms with van der Waals surface area (Å²) in [7, 11) is -2.82. The fourth-order valence-electron chi connectivity index (χ4n) is 3.09. The molecule has 0 spiro atoms. The molecule has 0 radical (unpaired) electrons. The number of anilines is 1. The Labute approximate surface area is 147 Å². The van der Waals surface area contributed by atoms with Gasteiger partial charge >= 0.3 is 0 Å². The largest absolute Gasteiger partial charge is 0.346 e. The number of piperazine rings is 1. The first-order valence-electron chi connectivity index (χ1n) is 7.69. The zero-order valence-electron chi connectivity index (χ0n) is 12.7. The van der Waals surface area contributed by atoms with Crippen LogP contribution in [0.2, 0.25) is 5.02 Å². The van der Waals surface area contributed by atoms with E-state index >= 15 is 0 Å². The summed E-state index contributed by atoms with van der Waals surface area (Å²) in [6, 6.07) is 7.62. The maximum Gasteiger partial charge on any atom is 0.173 e. The van der Waals surface area contributed by atoms with Crippen molar-refractivity contribution in [1.29, 1.82) is 0 Å². The van der Waals surface area contributed by atoms with Crippen molar-refractivity contribution in [2.45, 2.75) is 12.5 Å². The lowest BCUT2D eigenvalue weighted by Crippen LogP contribution is -2.53. The first-order chi connectivity index (χ1) is 10.9. The predicted molar refractivity (Wildman–Crippen MR) is 97.9 cm³/mol. The first-order valence-corrected chi connectivity index (χ1v) is 10.3. The van der Waals surface area contributed by atoms with Gasteiger partial charge in [0, 0.05) is 42.9 Å². The SMILES string of the molecule is O=S1(=O)CC[C@H](N2CCN(C(=S)Nc3ccc(Cl)cc3)CC2)C1. The molecule has 1 aromatic rings. The second-order valence-electron chi connectivity index (χ2n) is 6.02. The third-order valence-electron chi connectivity index (χ3n) is 4.42. The van der Waals surface area contributed by atoms with Crippen LogP contribution in [0.1, 0.15) is 6.42 Å². The van der Waals surface area contributed by atoms with E-state index in [1.165, 1.54) is 0 Å². The van der Waals surface area contributed by atoms with Gasteiger partial charge in [-0.1, -0.05) is 11.6 Å². The Bertz CT molecular complexity index is 670. The minimum Gasteiger partial charge on any atom is -0.346 e. The summed E-state index contributed by atoms with van der Waals surface area (Å²) < 4.78 is 23.2. The van der Waals surface area contributed by atoms with E-state index in [2.05, 4.69) is 15.1 Å². The third kappa shape index (κ3) is 4.35. The smallest absolute Gasteiger partial charge is 0.173 e. The standard InChI is InChI=1S/C15H20ClN3O2S2/c16-12-1-3-13(4-2-12)17-15(22)19-8-6-18(7-9-19)14-5-10-23(20,21)11-14/h1-4,14H,5-11H2,(H,17,22)/t14-/m0/s1. The summed E-state index contributed by atoms with van der Waals surface area (Å²) >= 11 is 11.3. The molecule has 1 aromatic carbocycles. The molecule has 0 saturated carbocycles. The molecule has 2 saturated heterocycles. The van der Waals surface area contributed by atoms with Crippen molar-refractivity contribution in [3.05, 3.63) is 29.3 Å². The molecule has 5 nitrogen and oxygen atoms in total. The Morgan fingerprint density at radius 3 is 2.39 bits per heavy atom. The molecule has 0 bridgehead atoms. The Balaban J connectivity index is 1.50. The molecule has 2 aliphatic heterocycles. The number of nitrogens with one attached hydrogen (secondary N) is 1. The molecule has 1 atom stereocenters. The van der Waals surface area contributed by atoms with Crippen molar-refractivity contribution in [3.8, 4) is 0 Å². The minimum atomic E-state index is -2.82. The molecule has 2 heterocycles. The predicted octanol–water partition coefficient (Wildman–Crippen LogP) is 1.84. The van der Waals surface area contributed by atoms with Gasteiger partial charge in [-0.15, -0.1) is 0 Å². The topological polar surface area (TPSA) is 52.7 Å². The van der Waals surface area contributed by atoms with E-state index in [4.69, 9.17) is 23.8 Å². The summed E-state index contributed by atoms with van der Waals surface area (Å²) in [4.78, 5) is 4.41. The van der Waals surface area contributed by atoms with Gasteiger partial charge < -0.3 is 10.2 Å². The fourth-order valence-corrected chi connectivity index (χ4v) is 5.28. The van der Waals surface area contributed by atoms with Gasteiger partial charge in [-0.2, -0.15) is 0 Å². The zero-order valence-corrected chi connectivity index (χ0v) is 15.1. The number of rotatable bonds is 2. The molecule has 23 heavy (non-hydrogen) atoms. The minimum absolute atomic E-state index is 0.181. The number of hydrogen-bond acceptors (Lipinski definition) is 4. The number of halogens is 1. The number of hydrogen-bond donors (Lipinski definition) is 1. The van der Waals surface area contributed by atoms with E-state index in [0.29, 0.717) is 21.6 Å².